The molecule has 0 saturated heterocycles. The molecule has 4 heterocycles. The standard InChI is InChI=1S/C61H35N3OS/c1-2-12-40(13-3-1)63-55-29-25-38(39-23-27-46-45-17-7-11-21-59(45)66-60(46)33-39)32-57(55)65-58-35-51-48-30-36(22-26-43(48)41-14-4-5-15-42(41)50(51)34-56(58)63)37-24-28-47-49(31-37)44-16-6-9-19-53(44)64-54-20-10-8-18-52(54)62-61(47)64/h1-35H. The van der Waals surface area contributed by atoms with Gasteiger partial charge in [0.25, 0.3) is 0 Å². The maximum atomic E-state index is 7.11. The second kappa shape index (κ2) is 13.5. The summed E-state index contributed by atoms with van der Waals surface area (Å²) in [7, 11) is 0. The highest BCUT2D eigenvalue weighted by atomic mass is 32.1. The molecule has 15 rings (SSSR count). The molecule has 3 aromatic heterocycles. The van der Waals surface area contributed by atoms with E-state index in [9.17, 15) is 0 Å². The van der Waals surface area contributed by atoms with Gasteiger partial charge in [-0.3, -0.25) is 4.40 Å². The summed E-state index contributed by atoms with van der Waals surface area (Å²) in [6, 6.07) is 77.3. The molecule has 0 atom stereocenters. The molecule has 0 bridgehead atoms. The van der Waals surface area contributed by atoms with Gasteiger partial charge in [0, 0.05) is 36.6 Å². The minimum atomic E-state index is 0.825. The molecule has 1 aliphatic heterocycles. The summed E-state index contributed by atoms with van der Waals surface area (Å²) in [5.41, 5.74) is 12.0. The summed E-state index contributed by atoms with van der Waals surface area (Å²) in [5, 5.41) is 13.3. The second-order valence-corrected chi connectivity index (χ2v) is 18.6. The minimum Gasteiger partial charge on any atom is -0.453 e. The Balaban J connectivity index is 0.927. The normalized spacial score (nSPS) is 12.6. The molecule has 0 aliphatic carbocycles. The monoisotopic (exact) mass is 857 g/mol. The molecule has 4 nitrogen and oxygen atoms in total. The van der Waals surface area contributed by atoms with E-state index in [2.05, 4.69) is 222 Å². The van der Waals surface area contributed by atoms with Crippen LogP contribution in [0.25, 0.3) is 113 Å². The lowest BCUT2D eigenvalue weighted by atomic mass is 9.90. The fourth-order valence-corrected chi connectivity index (χ4v) is 12.0. The van der Waals surface area contributed by atoms with Crippen LogP contribution in [0.15, 0.2) is 212 Å². The minimum absolute atomic E-state index is 0.825. The highest BCUT2D eigenvalue weighted by Crippen LogP contribution is 2.54. The first-order valence-electron chi connectivity index (χ1n) is 22.4. The van der Waals surface area contributed by atoms with Gasteiger partial charge in [0.2, 0.25) is 0 Å². The van der Waals surface area contributed by atoms with Crippen LogP contribution in [-0.4, -0.2) is 9.38 Å². The van der Waals surface area contributed by atoms with E-state index in [1.54, 1.807) is 0 Å². The third-order valence-electron chi connectivity index (χ3n) is 13.9. The Labute approximate surface area is 382 Å². The summed E-state index contributed by atoms with van der Waals surface area (Å²) < 4.78 is 12.0. The highest BCUT2D eigenvalue weighted by molar-refractivity contribution is 7.25. The Morgan fingerprint density at radius 1 is 0.348 bits per heavy atom. The van der Waals surface area contributed by atoms with Crippen LogP contribution < -0.4 is 9.64 Å². The summed E-state index contributed by atoms with van der Waals surface area (Å²) in [6.45, 7) is 0. The maximum absolute atomic E-state index is 7.11. The topological polar surface area (TPSA) is 29.8 Å². The van der Waals surface area contributed by atoms with Crippen molar-refractivity contribution in [2.75, 3.05) is 4.90 Å². The number of rotatable bonds is 3. The Morgan fingerprint density at radius 2 is 0.894 bits per heavy atom. The first-order chi connectivity index (χ1) is 32.7. The van der Waals surface area contributed by atoms with Gasteiger partial charge in [-0.25, -0.2) is 4.98 Å². The SMILES string of the molecule is c1ccc(N2c3ccc(-c4ccc5c(c4)sc4ccccc45)cc3Oc3cc4c5cc(-c6ccc7c(c6)c6ccccc6n6c8ccccc8nc76)ccc5c5ccccc5c4cc32)cc1. The number of aromatic nitrogens is 2. The van der Waals surface area contributed by atoms with Crippen molar-refractivity contribution >= 4 is 119 Å². The van der Waals surface area contributed by atoms with E-state index in [1.807, 2.05) is 11.3 Å². The fraction of sp³-hybridized carbons (Fsp3) is 0. The largest absolute Gasteiger partial charge is 0.453 e. The van der Waals surface area contributed by atoms with E-state index in [-0.39, 0.29) is 0 Å². The average Bonchev–Trinajstić information content (AvgIpc) is 3.96. The number of nitrogens with zero attached hydrogens (tertiary/aromatic N) is 3. The number of benzene rings is 11. The number of hydrogen-bond donors (Lipinski definition) is 0. The Hall–Kier alpha value is -8.51. The van der Waals surface area contributed by atoms with Gasteiger partial charge in [-0.15, -0.1) is 11.3 Å². The van der Waals surface area contributed by atoms with Crippen molar-refractivity contribution in [2.45, 2.75) is 0 Å². The average molecular weight is 858 g/mol. The van der Waals surface area contributed by atoms with Crippen LogP contribution in [0.2, 0.25) is 0 Å². The van der Waals surface area contributed by atoms with Gasteiger partial charge in [-0.05, 0) is 145 Å². The van der Waals surface area contributed by atoms with Crippen LogP contribution in [0.1, 0.15) is 0 Å². The lowest BCUT2D eigenvalue weighted by Crippen LogP contribution is -2.16. The molecular weight excluding hydrogens is 823 g/mol. The van der Waals surface area contributed by atoms with E-state index >= 15 is 0 Å². The zero-order valence-electron chi connectivity index (χ0n) is 35.4. The molecule has 66 heavy (non-hydrogen) atoms. The van der Waals surface area contributed by atoms with Crippen molar-refractivity contribution in [3.8, 4) is 33.8 Å². The van der Waals surface area contributed by atoms with Crippen molar-refractivity contribution in [1.82, 2.24) is 9.38 Å². The number of thiophene rings is 1. The molecular formula is C61H35N3OS. The van der Waals surface area contributed by atoms with E-state index in [4.69, 9.17) is 9.72 Å². The van der Waals surface area contributed by atoms with Gasteiger partial charge in [-0.2, -0.15) is 0 Å². The molecule has 0 saturated carbocycles. The van der Waals surface area contributed by atoms with Crippen molar-refractivity contribution in [3.05, 3.63) is 212 Å². The van der Waals surface area contributed by atoms with E-state index < -0.39 is 0 Å². The lowest BCUT2D eigenvalue weighted by molar-refractivity contribution is 0.478. The predicted octanol–water partition coefficient (Wildman–Crippen LogP) is 17.5. The fourth-order valence-electron chi connectivity index (χ4n) is 10.9. The van der Waals surface area contributed by atoms with Crippen LogP contribution in [-0.2, 0) is 0 Å². The van der Waals surface area contributed by atoms with Crippen LogP contribution in [0.3, 0.4) is 0 Å². The number of ether oxygens (including phenoxy) is 1. The second-order valence-electron chi connectivity index (χ2n) is 17.5. The predicted molar refractivity (Wildman–Crippen MR) is 279 cm³/mol. The number of anilines is 3. The quantitative estimate of drug-likeness (QED) is 0.166. The molecule has 0 fully saturated rings. The molecule has 0 N–H and O–H groups in total. The van der Waals surface area contributed by atoms with E-state index in [0.717, 1.165) is 78.2 Å². The smallest absolute Gasteiger partial charge is 0.152 e. The highest BCUT2D eigenvalue weighted by Gasteiger charge is 2.28. The molecule has 14 aromatic rings. The van der Waals surface area contributed by atoms with Gasteiger partial charge in [0.1, 0.15) is 5.65 Å². The third-order valence-corrected chi connectivity index (χ3v) is 15.0. The van der Waals surface area contributed by atoms with Crippen LogP contribution in [0.4, 0.5) is 17.1 Å². The van der Waals surface area contributed by atoms with Crippen molar-refractivity contribution in [2.24, 2.45) is 0 Å². The van der Waals surface area contributed by atoms with Gasteiger partial charge >= 0.3 is 0 Å². The third kappa shape index (κ3) is 5.11. The van der Waals surface area contributed by atoms with Gasteiger partial charge in [0.15, 0.2) is 11.5 Å². The zero-order valence-corrected chi connectivity index (χ0v) is 36.2. The first kappa shape index (κ1) is 35.9. The van der Waals surface area contributed by atoms with Crippen LogP contribution in [0, 0.1) is 0 Å². The van der Waals surface area contributed by atoms with Gasteiger partial charge in [-0.1, -0.05) is 127 Å². The first-order valence-corrected chi connectivity index (χ1v) is 23.2. The maximum Gasteiger partial charge on any atom is 0.152 e. The summed E-state index contributed by atoms with van der Waals surface area (Å²) in [5.74, 6) is 1.65. The van der Waals surface area contributed by atoms with E-state index in [0.29, 0.717) is 0 Å². The molecule has 0 unspecified atom stereocenters. The molecule has 0 spiro atoms. The van der Waals surface area contributed by atoms with Crippen molar-refractivity contribution in [1.29, 1.82) is 0 Å². The number of hydrogen-bond acceptors (Lipinski definition) is 4. The Kier molecular flexibility index (Phi) is 7.34. The lowest BCUT2D eigenvalue weighted by Gasteiger charge is -2.33. The van der Waals surface area contributed by atoms with Crippen LogP contribution >= 0.6 is 11.3 Å². The van der Waals surface area contributed by atoms with Crippen molar-refractivity contribution < 1.29 is 4.74 Å². The molecule has 0 radical (unpaired) electrons. The number of para-hydroxylation sites is 4. The van der Waals surface area contributed by atoms with E-state index in [1.165, 1.54) is 63.4 Å². The number of imidazole rings is 1. The van der Waals surface area contributed by atoms with Crippen molar-refractivity contribution in [3.63, 3.8) is 0 Å². The molecule has 1 aliphatic rings. The molecule has 306 valence electrons. The molecule has 0 amide bonds. The number of pyridine rings is 1. The van der Waals surface area contributed by atoms with Crippen LogP contribution in [0.5, 0.6) is 11.5 Å². The molecule has 11 aromatic carbocycles. The summed E-state index contributed by atoms with van der Waals surface area (Å²) in [6.07, 6.45) is 0. The Bertz CT molecular complexity index is 4390. The Morgan fingerprint density at radius 3 is 1.73 bits per heavy atom. The number of fused-ring (bicyclic) bond motifs is 19. The summed E-state index contributed by atoms with van der Waals surface area (Å²) >= 11 is 1.85. The molecule has 5 heteroatoms. The zero-order chi connectivity index (χ0) is 43.0. The van der Waals surface area contributed by atoms with Gasteiger partial charge in [0.05, 0.1) is 27.9 Å². The van der Waals surface area contributed by atoms with Gasteiger partial charge < -0.3 is 9.64 Å². The summed E-state index contributed by atoms with van der Waals surface area (Å²) in [4.78, 5) is 7.52.